The van der Waals surface area contributed by atoms with Crippen molar-refractivity contribution in [1.82, 2.24) is 9.78 Å². The zero-order valence-electron chi connectivity index (χ0n) is 7.27. The van der Waals surface area contributed by atoms with Crippen LogP contribution in [0.4, 0.5) is 0 Å². The van der Waals surface area contributed by atoms with E-state index in [-0.39, 0.29) is 6.10 Å². The molecule has 12 heavy (non-hydrogen) atoms. The SMILES string of the molecule is Cn1ccc(C2CCC(O)C2)n1. The first-order valence-electron chi connectivity index (χ1n) is 4.43. The van der Waals surface area contributed by atoms with Gasteiger partial charge in [-0.25, -0.2) is 0 Å². The highest BCUT2D eigenvalue weighted by molar-refractivity contribution is 5.08. The van der Waals surface area contributed by atoms with E-state index in [2.05, 4.69) is 5.10 Å². The maximum atomic E-state index is 9.33. The van der Waals surface area contributed by atoms with Crippen molar-refractivity contribution in [2.45, 2.75) is 31.3 Å². The zero-order chi connectivity index (χ0) is 8.55. The molecule has 3 nitrogen and oxygen atoms in total. The Balaban J connectivity index is 2.11. The summed E-state index contributed by atoms with van der Waals surface area (Å²) >= 11 is 0. The summed E-state index contributed by atoms with van der Waals surface area (Å²) in [5.74, 6) is 0.487. The minimum Gasteiger partial charge on any atom is -0.393 e. The van der Waals surface area contributed by atoms with Gasteiger partial charge in [0.15, 0.2) is 0 Å². The highest BCUT2D eigenvalue weighted by Gasteiger charge is 2.25. The third kappa shape index (κ3) is 1.37. The smallest absolute Gasteiger partial charge is 0.0656 e. The van der Waals surface area contributed by atoms with Gasteiger partial charge in [-0.3, -0.25) is 4.68 Å². The molecule has 2 atom stereocenters. The van der Waals surface area contributed by atoms with Crippen LogP contribution in [-0.4, -0.2) is 21.0 Å². The lowest BCUT2D eigenvalue weighted by Crippen LogP contribution is -2.00. The van der Waals surface area contributed by atoms with Crippen LogP contribution in [0.3, 0.4) is 0 Å². The van der Waals surface area contributed by atoms with E-state index in [0.29, 0.717) is 5.92 Å². The molecule has 2 unspecified atom stereocenters. The van der Waals surface area contributed by atoms with E-state index in [1.54, 1.807) is 0 Å². The summed E-state index contributed by atoms with van der Waals surface area (Å²) in [5, 5.41) is 13.7. The van der Waals surface area contributed by atoms with Gasteiger partial charge in [0.1, 0.15) is 0 Å². The monoisotopic (exact) mass is 166 g/mol. The standard InChI is InChI=1S/C9H14N2O/c1-11-5-4-9(10-11)7-2-3-8(12)6-7/h4-5,7-8,12H,2-3,6H2,1H3. The quantitative estimate of drug-likeness (QED) is 0.677. The molecule has 0 aromatic carbocycles. The van der Waals surface area contributed by atoms with Crippen LogP contribution in [0.1, 0.15) is 30.9 Å². The fraction of sp³-hybridized carbons (Fsp3) is 0.667. The van der Waals surface area contributed by atoms with Gasteiger partial charge in [0, 0.05) is 19.2 Å². The van der Waals surface area contributed by atoms with Crippen LogP contribution in [-0.2, 0) is 7.05 Å². The molecule has 0 radical (unpaired) electrons. The van der Waals surface area contributed by atoms with Gasteiger partial charge < -0.3 is 5.11 Å². The van der Waals surface area contributed by atoms with Crippen molar-refractivity contribution in [3.63, 3.8) is 0 Å². The van der Waals surface area contributed by atoms with Gasteiger partial charge in [0.2, 0.25) is 0 Å². The molecule has 1 aliphatic carbocycles. The van der Waals surface area contributed by atoms with Crippen molar-refractivity contribution in [1.29, 1.82) is 0 Å². The van der Waals surface area contributed by atoms with E-state index in [1.165, 1.54) is 0 Å². The molecule has 0 spiro atoms. The summed E-state index contributed by atoms with van der Waals surface area (Å²) in [6.07, 6.45) is 4.76. The van der Waals surface area contributed by atoms with Gasteiger partial charge >= 0.3 is 0 Å². The van der Waals surface area contributed by atoms with Gasteiger partial charge in [-0.1, -0.05) is 0 Å². The van der Waals surface area contributed by atoms with Crippen LogP contribution in [0.25, 0.3) is 0 Å². The van der Waals surface area contributed by atoms with Crippen molar-refractivity contribution >= 4 is 0 Å². The molecule has 0 saturated heterocycles. The molecule has 2 rings (SSSR count). The highest BCUT2D eigenvalue weighted by Crippen LogP contribution is 2.33. The van der Waals surface area contributed by atoms with E-state index in [9.17, 15) is 5.11 Å². The van der Waals surface area contributed by atoms with E-state index in [1.807, 2.05) is 24.0 Å². The molecule has 3 heteroatoms. The number of aliphatic hydroxyl groups excluding tert-OH is 1. The van der Waals surface area contributed by atoms with Crippen LogP contribution in [0, 0.1) is 0 Å². The first kappa shape index (κ1) is 7.80. The zero-order valence-corrected chi connectivity index (χ0v) is 7.27. The Labute approximate surface area is 72.0 Å². The molecular weight excluding hydrogens is 152 g/mol. The number of aromatic nitrogens is 2. The number of nitrogens with zero attached hydrogens (tertiary/aromatic N) is 2. The third-order valence-corrected chi connectivity index (χ3v) is 2.56. The molecule has 1 N–H and O–H groups in total. The molecule has 1 saturated carbocycles. The summed E-state index contributed by atoms with van der Waals surface area (Å²) < 4.78 is 1.82. The Morgan fingerprint density at radius 1 is 1.58 bits per heavy atom. The summed E-state index contributed by atoms with van der Waals surface area (Å²) in [4.78, 5) is 0. The summed E-state index contributed by atoms with van der Waals surface area (Å²) in [6, 6.07) is 2.04. The van der Waals surface area contributed by atoms with Gasteiger partial charge in [-0.2, -0.15) is 5.10 Å². The summed E-state index contributed by atoms with van der Waals surface area (Å²) in [5.41, 5.74) is 1.13. The van der Waals surface area contributed by atoms with Gasteiger partial charge in [-0.15, -0.1) is 0 Å². The highest BCUT2D eigenvalue weighted by atomic mass is 16.3. The van der Waals surface area contributed by atoms with Gasteiger partial charge in [0.05, 0.1) is 11.8 Å². The Hall–Kier alpha value is -0.830. The summed E-state index contributed by atoms with van der Waals surface area (Å²) in [7, 11) is 1.93. The Morgan fingerprint density at radius 3 is 2.92 bits per heavy atom. The number of aryl methyl sites for hydroxylation is 1. The average Bonchev–Trinajstić information content (AvgIpc) is 2.58. The average molecular weight is 166 g/mol. The molecule has 1 aromatic heterocycles. The fourth-order valence-corrected chi connectivity index (χ4v) is 1.88. The lowest BCUT2D eigenvalue weighted by atomic mass is 10.0. The Morgan fingerprint density at radius 2 is 2.42 bits per heavy atom. The van der Waals surface area contributed by atoms with Crippen molar-refractivity contribution in [3.8, 4) is 0 Å². The number of hydrogen-bond acceptors (Lipinski definition) is 2. The van der Waals surface area contributed by atoms with E-state index in [4.69, 9.17) is 0 Å². The minimum absolute atomic E-state index is 0.1000. The van der Waals surface area contributed by atoms with Crippen molar-refractivity contribution in [2.24, 2.45) is 7.05 Å². The van der Waals surface area contributed by atoms with Crippen LogP contribution < -0.4 is 0 Å². The fourth-order valence-electron chi connectivity index (χ4n) is 1.88. The lowest BCUT2D eigenvalue weighted by molar-refractivity contribution is 0.181. The maximum absolute atomic E-state index is 9.33. The van der Waals surface area contributed by atoms with Gasteiger partial charge in [-0.05, 0) is 25.3 Å². The summed E-state index contributed by atoms with van der Waals surface area (Å²) in [6.45, 7) is 0. The van der Waals surface area contributed by atoms with Crippen LogP contribution in [0.15, 0.2) is 12.3 Å². The molecule has 1 heterocycles. The molecule has 66 valence electrons. The third-order valence-electron chi connectivity index (χ3n) is 2.56. The number of aliphatic hydroxyl groups is 1. The Bertz CT molecular complexity index is 269. The normalized spacial score (nSPS) is 29.5. The van der Waals surface area contributed by atoms with Crippen LogP contribution >= 0.6 is 0 Å². The largest absolute Gasteiger partial charge is 0.393 e. The number of hydrogen-bond donors (Lipinski definition) is 1. The molecule has 0 bridgehead atoms. The minimum atomic E-state index is -0.1000. The molecule has 1 aromatic rings. The van der Waals surface area contributed by atoms with E-state index < -0.39 is 0 Å². The van der Waals surface area contributed by atoms with Crippen LogP contribution in [0.5, 0.6) is 0 Å². The molecule has 0 aliphatic heterocycles. The molecule has 1 aliphatic rings. The van der Waals surface area contributed by atoms with Gasteiger partial charge in [0.25, 0.3) is 0 Å². The van der Waals surface area contributed by atoms with Crippen LogP contribution in [0.2, 0.25) is 0 Å². The molecule has 0 amide bonds. The first-order valence-corrected chi connectivity index (χ1v) is 4.43. The second-order valence-electron chi connectivity index (χ2n) is 3.58. The van der Waals surface area contributed by atoms with Crippen molar-refractivity contribution in [2.75, 3.05) is 0 Å². The van der Waals surface area contributed by atoms with Crippen molar-refractivity contribution in [3.05, 3.63) is 18.0 Å². The van der Waals surface area contributed by atoms with E-state index >= 15 is 0 Å². The Kier molecular flexibility index (Phi) is 1.89. The lowest BCUT2D eigenvalue weighted by Gasteiger charge is -2.03. The topological polar surface area (TPSA) is 38.0 Å². The van der Waals surface area contributed by atoms with E-state index in [0.717, 1.165) is 25.0 Å². The molecular formula is C9H14N2O. The number of rotatable bonds is 1. The maximum Gasteiger partial charge on any atom is 0.0656 e. The van der Waals surface area contributed by atoms with Crippen molar-refractivity contribution < 1.29 is 5.11 Å². The predicted molar refractivity (Wildman–Crippen MR) is 45.8 cm³/mol. The predicted octanol–water partition coefficient (Wildman–Crippen LogP) is 1.05. The second-order valence-corrected chi connectivity index (χ2v) is 3.58. The molecule has 1 fully saturated rings. The second kappa shape index (κ2) is 2.90. The first-order chi connectivity index (χ1) is 5.75.